The van der Waals surface area contributed by atoms with E-state index < -0.39 is 6.03 Å². The Labute approximate surface area is 135 Å². The second kappa shape index (κ2) is 7.46. The van der Waals surface area contributed by atoms with Gasteiger partial charge in [0.05, 0.1) is 0 Å². The lowest BCUT2D eigenvalue weighted by molar-refractivity contribution is -0.118. The van der Waals surface area contributed by atoms with Gasteiger partial charge in [-0.1, -0.05) is 15.9 Å². The molecule has 2 aromatic carbocycles. The Bertz CT molecular complexity index is 657. The van der Waals surface area contributed by atoms with Crippen LogP contribution in [0.5, 0.6) is 5.75 Å². The largest absolute Gasteiger partial charge is 0.484 e. The molecule has 0 unspecified atom stereocenters. The van der Waals surface area contributed by atoms with Crippen LogP contribution < -0.4 is 21.1 Å². The first-order valence-electron chi connectivity index (χ1n) is 6.37. The van der Waals surface area contributed by atoms with E-state index in [4.69, 9.17) is 10.5 Å². The van der Waals surface area contributed by atoms with E-state index in [1.165, 1.54) is 0 Å². The van der Waals surface area contributed by atoms with Crippen molar-refractivity contribution in [2.24, 2.45) is 5.73 Å². The maximum Gasteiger partial charge on any atom is 0.316 e. The van der Waals surface area contributed by atoms with E-state index in [-0.39, 0.29) is 12.5 Å². The third kappa shape index (κ3) is 5.10. The number of halogens is 1. The van der Waals surface area contributed by atoms with Gasteiger partial charge in [0.1, 0.15) is 5.75 Å². The number of hydrogen-bond donors (Lipinski definition) is 3. The summed E-state index contributed by atoms with van der Waals surface area (Å²) in [6.45, 7) is -0.0943. The predicted molar refractivity (Wildman–Crippen MR) is 87.9 cm³/mol. The van der Waals surface area contributed by atoms with Gasteiger partial charge in [-0.2, -0.15) is 0 Å². The van der Waals surface area contributed by atoms with Crippen molar-refractivity contribution in [2.75, 3.05) is 17.2 Å². The molecule has 114 valence electrons. The highest BCUT2D eigenvalue weighted by atomic mass is 79.9. The summed E-state index contributed by atoms with van der Waals surface area (Å²) in [7, 11) is 0. The number of carbonyl (C=O) groups excluding carboxylic acids is 2. The molecule has 0 fully saturated rings. The van der Waals surface area contributed by atoms with Crippen molar-refractivity contribution in [3.63, 3.8) is 0 Å². The number of hydrogen-bond acceptors (Lipinski definition) is 3. The van der Waals surface area contributed by atoms with Gasteiger partial charge in [-0.25, -0.2) is 4.79 Å². The number of rotatable bonds is 5. The van der Waals surface area contributed by atoms with Crippen LogP contribution in [0.1, 0.15) is 0 Å². The highest BCUT2D eigenvalue weighted by molar-refractivity contribution is 9.10. The summed E-state index contributed by atoms with van der Waals surface area (Å²) >= 11 is 3.32. The average Bonchev–Trinajstić information content (AvgIpc) is 2.48. The molecule has 7 heteroatoms. The summed E-state index contributed by atoms with van der Waals surface area (Å²) in [5.41, 5.74) is 6.16. The molecule has 0 aromatic heterocycles. The molecule has 22 heavy (non-hydrogen) atoms. The summed E-state index contributed by atoms with van der Waals surface area (Å²) in [5.74, 6) is 0.331. The van der Waals surface area contributed by atoms with Crippen molar-refractivity contribution in [3.8, 4) is 5.75 Å². The fourth-order valence-corrected chi connectivity index (χ4v) is 1.92. The Morgan fingerprint density at radius 1 is 0.955 bits per heavy atom. The van der Waals surface area contributed by atoms with Crippen LogP contribution in [-0.4, -0.2) is 18.5 Å². The SMILES string of the molecule is NC(=O)Nc1ccc(NC(=O)COc2ccc(Br)cc2)cc1. The van der Waals surface area contributed by atoms with Crippen LogP contribution in [0.3, 0.4) is 0 Å². The number of carbonyl (C=O) groups is 2. The van der Waals surface area contributed by atoms with Crippen molar-refractivity contribution in [2.45, 2.75) is 0 Å². The number of nitrogens with one attached hydrogen (secondary N) is 2. The van der Waals surface area contributed by atoms with Gasteiger partial charge in [-0.05, 0) is 48.5 Å². The number of nitrogens with two attached hydrogens (primary N) is 1. The van der Waals surface area contributed by atoms with Crippen LogP contribution in [0.4, 0.5) is 16.2 Å². The first-order chi connectivity index (χ1) is 10.5. The van der Waals surface area contributed by atoms with E-state index in [1.54, 1.807) is 36.4 Å². The Morgan fingerprint density at radius 2 is 1.50 bits per heavy atom. The van der Waals surface area contributed by atoms with Gasteiger partial charge >= 0.3 is 6.03 Å². The zero-order valence-corrected chi connectivity index (χ0v) is 13.1. The van der Waals surface area contributed by atoms with Gasteiger partial charge in [-0.3, -0.25) is 4.79 Å². The Hall–Kier alpha value is -2.54. The van der Waals surface area contributed by atoms with Crippen LogP contribution >= 0.6 is 15.9 Å². The normalized spacial score (nSPS) is 9.86. The van der Waals surface area contributed by atoms with Crippen LogP contribution in [0.2, 0.25) is 0 Å². The smallest absolute Gasteiger partial charge is 0.316 e. The number of primary amides is 1. The van der Waals surface area contributed by atoms with Crippen LogP contribution in [0, 0.1) is 0 Å². The third-order valence-corrected chi connectivity index (χ3v) is 3.15. The van der Waals surface area contributed by atoms with Crippen molar-refractivity contribution in [1.29, 1.82) is 0 Å². The molecular formula is C15H14BrN3O3. The Morgan fingerprint density at radius 3 is 2.05 bits per heavy atom. The van der Waals surface area contributed by atoms with Crippen LogP contribution in [0.25, 0.3) is 0 Å². The van der Waals surface area contributed by atoms with Gasteiger partial charge in [0.25, 0.3) is 5.91 Å². The Kier molecular flexibility index (Phi) is 5.37. The highest BCUT2D eigenvalue weighted by Gasteiger charge is 2.04. The van der Waals surface area contributed by atoms with E-state index in [0.717, 1.165) is 4.47 Å². The van der Waals surface area contributed by atoms with E-state index >= 15 is 0 Å². The van der Waals surface area contributed by atoms with Gasteiger partial charge < -0.3 is 21.1 Å². The molecular weight excluding hydrogens is 350 g/mol. The lowest BCUT2D eigenvalue weighted by Gasteiger charge is -2.08. The second-order valence-electron chi connectivity index (χ2n) is 4.36. The van der Waals surface area contributed by atoms with Crippen LogP contribution in [-0.2, 0) is 4.79 Å². The molecule has 0 aliphatic rings. The molecule has 0 aliphatic carbocycles. The van der Waals surface area contributed by atoms with E-state index in [1.807, 2.05) is 12.1 Å². The topological polar surface area (TPSA) is 93.5 Å². The van der Waals surface area contributed by atoms with Crippen molar-refractivity contribution in [1.82, 2.24) is 0 Å². The maximum absolute atomic E-state index is 11.8. The van der Waals surface area contributed by atoms with Gasteiger partial charge in [0.2, 0.25) is 0 Å². The van der Waals surface area contributed by atoms with E-state index in [2.05, 4.69) is 26.6 Å². The monoisotopic (exact) mass is 363 g/mol. The molecule has 0 bridgehead atoms. The zero-order chi connectivity index (χ0) is 15.9. The standard InChI is InChI=1S/C15H14BrN3O3/c16-10-1-7-13(8-2-10)22-9-14(20)18-11-3-5-12(6-4-11)19-15(17)21/h1-8H,9H2,(H,18,20)(H3,17,19,21). The minimum absolute atomic E-state index is 0.0943. The van der Waals surface area contributed by atoms with Crippen molar-refractivity contribution < 1.29 is 14.3 Å². The lowest BCUT2D eigenvalue weighted by atomic mass is 10.3. The van der Waals surface area contributed by atoms with E-state index in [9.17, 15) is 9.59 Å². The number of anilines is 2. The third-order valence-electron chi connectivity index (χ3n) is 2.62. The fraction of sp³-hybridized carbons (Fsp3) is 0.0667. The van der Waals surface area contributed by atoms with Gasteiger partial charge in [-0.15, -0.1) is 0 Å². The molecule has 3 amide bonds. The van der Waals surface area contributed by atoms with Crippen molar-refractivity contribution >= 4 is 39.2 Å². The van der Waals surface area contributed by atoms with Gasteiger partial charge in [0.15, 0.2) is 6.61 Å². The Balaban J connectivity index is 1.83. The predicted octanol–water partition coefficient (Wildman–Crippen LogP) is 2.96. The zero-order valence-electron chi connectivity index (χ0n) is 11.5. The van der Waals surface area contributed by atoms with Crippen LogP contribution in [0.15, 0.2) is 53.0 Å². The minimum Gasteiger partial charge on any atom is -0.484 e. The molecule has 0 heterocycles. The minimum atomic E-state index is -0.639. The number of urea groups is 1. The molecule has 2 rings (SSSR count). The molecule has 0 spiro atoms. The maximum atomic E-state index is 11.8. The second-order valence-corrected chi connectivity index (χ2v) is 5.27. The molecule has 0 saturated carbocycles. The first-order valence-corrected chi connectivity index (χ1v) is 7.17. The summed E-state index contributed by atoms with van der Waals surface area (Å²) < 4.78 is 6.30. The molecule has 0 radical (unpaired) electrons. The highest BCUT2D eigenvalue weighted by Crippen LogP contribution is 2.16. The molecule has 4 N–H and O–H groups in total. The number of amides is 3. The summed E-state index contributed by atoms with van der Waals surface area (Å²) in [4.78, 5) is 22.5. The molecule has 6 nitrogen and oxygen atoms in total. The summed E-state index contributed by atoms with van der Waals surface area (Å²) in [6.07, 6.45) is 0. The first kappa shape index (κ1) is 15.8. The molecule has 0 saturated heterocycles. The number of benzene rings is 2. The quantitative estimate of drug-likeness (QED) is 0.762. The average molecular weight is 364 g/mol. The number of ether oxygens (including phenoxy) is 1. The molecule has 0 aliphatic heterocycles. The van der Waals surface area contributed by atoms with Gasteiger partial charge in [0, 0.05) is 15.8 Å². The van der Waals surface area contributed by atoms with E-state index in [0.29, 0.717) is 17.1 Å². The molecule has 0 atom stereocenters. The summed E-state index contributed by atoms with van der Waals surface area (Å²) in [5, 5.41) is 5.12. The van der Waals surface area contributed by atoms with Crippen molar-refractivity contribution in [3.05, 3.63) is 53.0 Å². The fourth-order valence-electron chi connectivity index (χ4n) is 1.66. The molecule has 2 aromatic rings. The lowest BCUT2D eigenvalue weighted by Crippen LogP contribution is -2.20. The summed E-state index contributed by atoms with van der Waals surface area (Å²) in [6, 6.07) is 13.1.